The number of amides is 1. The highest BCUT2D eigenvalue weighted by atomic mass is 32.1. The molecular formula is C16H31N3OS. The first-order valence-electron chi connectivity index (χ1n) is 8.01. The molecule has 0 aliphatic carbocycles. The predicted octanol–water partition coefficient (Wildman–Crippen LogP) is 2.41. The molecule has 0 bridgehead atoms. The van der Waals surface area contributed by atoms with Crippen LogP contribution in [0, 0.1) is 5.41 Å². The van der Waals surface area contributed by atoms with Crippen molar-refractivity contribution in [3.63, 3.8) is 0 Å². The number of rotatable bonds is 6. The van der Waals surface area contributed by atoms with E-state index in [1.165, 1.54) is 0 Å². The Morgan fingerprint density at radius 2 is 1.76 bits per heavy atom. The Hall–Kier alpha value is -0.680. The minimum atomic E-state index is -0.648. The third-order valence-corrected chi connectivity index (χ3v) is 5.23. The van der Waals surface area contributed by atoms with E-state index in [4.69, 9.17) is 18.0 Å². The highest BCUT2D eigenvalue weighted by Crippen LogP contribution is 2.34. The average molecular weight is 314 g/mol. The van der Waals surface area contributed by atoms with Crippen LogP contribution in [0.1, 0.15) is 53.4 Å². The largest absolute Gasteiger partial charge is 0.392 e. The van der Waals surface area contributed by atoms with Crippen molar-refractivity contribution >= 4 is 23.1 Å². The molecule has 0 saturated carbocycles. The minimum absolute atomic E-state index is 0.00566. The highest BCUT2D eigenvalue weighted by Gasteiger charge is 2.45. The van der Waals surface area contributed by atoms with Crippen molar-refractivity contribution in [1.29, 1.82) is 0 Å². The highest BCUT2D eigenvalue weighted by molar-refractivity contribution is 7.80. The summed E-state index contributed by atoms with van der Waals surface area (Å²) < 4.78 is 0. The summed E-state index contributed by atoms with van der Waals surface area (Å²) >= 11 is 5.31. The number of nitrogens with two attached hydrogens (primary N) is 1. The predicted molar refractivity (Wildman–Crippen MR) is 92.3 cm³/mol. The molecular weight excluding hydrogens is 282 g/mol. The van der Waals surface area contributed by atoms with Crippen LogP contribution in [0.15, 0.2) is 0 Å². The molecule has 1 heterocycles. The maximum Gasteiger partial charge on any atom is 0.235 e. The molecule has 4 nitrogen and oxygen atoms in total. The van der Waals surface area contributed by atoms with Gasteiger partial charge in [0.1, 0.15) is 0 Å². The molecule has 0 aromatic heterocycles. The summed E-state index contributed by atoms with van der Waals surface area (Å²) in [5.41, 5.74) is 5.37. The van der Waals surface area contributed by atoms with Crippen LogP contribution in [-0.2, 0) is 4.79 Å². The van der Waals surface area contributed by atoms with Crippen molar-refractivity contribution in [3.05, 3.63) is 0 Å². The topological polar surface area (TPSA) is 49.6 Å². The van der Waals surface area contributed by atoms with Gasteiger partial charge in [-0.3, -0.25) is 9.69 Å². The quantitative estimate of drug-likeness (QED) is 0.765. The second kappa shape index (κ2) is 7.05. The molecule has 1 aliphatic rings. The number of carbonyl (C=O) groups excluding carboxylic acids is 1. The van der Waals surface area contributed by atoms with Crippen LogP contribution in [0.2, 0.25) is 0 Å². The van der Waals surface area contributed by atoms with Crippen LogP contribution < -0.4 is 5.73 Å². The van der Waals surface area contributed by atoms with Gasteiger partial charge in [-0.2, -0.15) is 0 Å². The van der Waals surface area contributed by atoms with E-state index in [1.807, 2.05) is 4.90 Å². The number of likely N-dealkylation sites (N-methyl/N-ethyl adjacent to an activating group) is 1. The van der Waals surface area contributed by atoms with Gasteiger partial charge in [0.2, 0.25) is 5.91 Å². The minimum Gasteiger partial charge on any atom is -0.392 e. The van der Waals surface area contributed by atoms with Crippen molar-refractivity contribution in [1.82, 2.24) is 9.80 Å². The third-order valence-electron chi connectivity index (χ3n) is 4.84. The van der Waals surface area contributed by atoms with Gasteiger partial charge in [0.25, 0.3) is 0 Å². The smallest absolute Gasteiger partial charge is 0.235 e. The lowest BCUT2D eigenvalue weighted by molar-refractivity contribution is -0.143. The first kappa shape index (κ1) is 18.4. The van der Waals surface area contributed by atoms with E-state index in [-0.39, 0.29) is 11.4 Å². The summed E-state index contributed by atoms with van der Waals surface area (Å²) in [4.78, 5) is 17.8. The van der Waals surface area contributed by atoms with E-state index in [9.17, 15) is 4.79 Å². The van der Waals surface area contributed by atoms with Crippen molar-refractivity contribution in [2.75, 3.05) is 26.7 Å². The van der Waals surface area contributed by atoms with E-state index in [1.54, 1.807) is 0 Å². The fourth-order valence-electron chi connectivity index (χ4n) is 3.26. The first-order valence-corrected chi connectivity index (χ1v) is 8.42. The standard InChI is InChI=1S/C16H31N3OS/c1-6-8-16(9-7-2,13(17)21)14(20)19-11-10-18(5)15(3,4)12-19/h6-12H2,1-5H3,(H2,17,21). The SMILES string of the molecule is CCCC(CCC)(C(=O)N1CCN(C)C(C)(C)C1)C(N)=S. The number of hydrogen-bond acceptors (Lipinski definition) is 3. The molecule has 2 N–H and O–H groups in total. The Balaban J connectivity index is 3.03. The molecule has 0 aromatic rings. The molecule has 1 rings (SSSR count). The van der Waals surface area contributed by atoms with Gasteiger partial charge in [0, 0.05) is 25.2 Å². The Morgan fingerprint density at radius 3 is 2.14 bits per heavy atom. The van der Waals surface area contributed by atoms with Crippen molar-refractivity contribution in [3.8, 4) is 0 Å². The van der Waals surface area contributed by atoms with Gasteiger partial charge < -0.3 is 10.6 Å². The molecule has 1 fully saturated rings. The van der Waals surface area contributed by atoms with E-state index in [0.29, 0.717) is 4.99 Å². The summed E-state index contributed by atoms with van der Waals surface area (Å²) in [5, 5.41) is 0. The molecule has 0 atom stereocenters. The number of hydrogen-bond donors (Lipinski definition) is 1. The average Bonchev–Trinajstić information content (AvgIpc) is 2.40. The van der Waals surface area contributed by atoms with Crippen LogP contribution in [-0.4, -0.2) is 52.9 Å². The van der Waals surface area contributed by atoms with E-state index in [2.05, 4.69) is 39.6 Å². The van der Waals surface area contributed by atoms with E-state index < -0.39 is 5.41 Å². The van der Waals surface area contributed by atoms with Gasteiger partial charge in [-0.1, -0.05) is 38.9 Å². The van der Waals surface area contributed by atoms with E-state index in [0.717, 1.165) is 45.3 Å². The Bertz CT molecular complexity index is 389. The molecule has 5 heteroatoms. The molecule has 21 heavy (non-hydrogen) atoms. The lowest BCUT2D eigenvalue weighted by atomic mass is 9.77. The fourth-order valence-corrected chi connectivity index (χ4v) is 3.55. The molecule has 122 valence electrons. The van der Waals surface area contributed by atoms with Crippen molar-refractivity contribution < 1.29 is 4.79 Å². The molecule has 0 aromatic carbocycles. The Labute approximate surface area is 135 Å². The Kier molecular flexibility index (Phi) is 6.17. The maximum absolute atomic E-state index is 13.2. The molecule has 1 saturated heterocycles. The van der Waals surface area contributed by atoms with Gasteiger partial charge >= 0.3 is 0 Å². The normalized spacial score (nSPS) is 19.6. The molecule has 0 spiro atoms. The summed E-state index contributed by atoms with van der Waals surface area (Å²) in [6.07, 6.45) is 3.34. The molecule has 1 aliphatic heterocycles. The second-order valence-electron chi connectivity index (χ2n) is 6.91. The van der Waals surface area contributed by atoms with Gasteiger partial charge in [-0.25, -0.2) is 0 Å². The van der Waals surface area contributed by atoms with Crippen LogP contribution in [0.25, 0.3) is 0 Å². The molecule has 0 radical (unpaired) electrons. The van der Waals surface area contributed by atoms with Crippen LogP contribution in [0.3, 0.4) is 0 Å². The van der Waals surface area contributed by atoms with Crippen molar-refractivity contribution in [2.45, 2.75) is 58.9 Å². The summed E-state index contributed by atoms with van der Waals surface area (Å²) in [6, 6.07) is 0. The summed E-state index contributed by atoms with van der Waals surface area (Å²) in [6.45, 7) is 10.9. The van der Waals surface area contributed by atoms with Crippen LogP contribution in [0.5, 0.6) is 0 Å². The lowest BCUT2D eigenvalue weighted by Gasteiger charge is -2.48. The van der Waals surface area contributed by atoms with Gasteiger partial charge in [0.15, 0.2) is 0 Å². The first-order chi connectivity index (χ1) is 9.71. The molecule has 1 amide bonds. The summed E-state index contributed by atoms with van der Waals surface area (Å²) in [7, 11) is 2.11. The summed E-state index contributed by atoms with van der Waals surface area (Å²) in [5.74, 6) is 0.139. The van der Waals surface area contributed by atoms with Crippen LogP contribution in [0.4, 0.5) is 0 Å². The number of carbonyl (C=O) groups is 1. The monoisotopic (exact) mass is 313 g/mol. The van der Waals surface area contributed by atoms with Gasteiger partial charge in [-0.15, -0.1) is 0 Å². The molecule has 0 unspecified atom stereocenters. The van der Waals surface area contributed by atoms with Gasteiger partial charge in [-0.05, 0) is 33.7 Å². The van der Waals surface area contributed by atoms with Gasteiger partial charge in [0.05, 0.1) is 10.4 Å². The Morgan fingerprint density at radius 1 is 1.24 bits per heavy atom. The van der Waals surface area contributed by atoms with Crippen LogP contribution >= 0.6 is 12.2 Å². The second-order valence-corrected chi connectivity index (χ2v) is 7.35. The maximum atomic E-state index is 13.2. The fraction of sp³-hybridized carbons (Fsp3) is 0.875. The zero-order valence-corrected chi connectivity index (χ0v) is 15.1. The third kappa shape index (κ3) is 3.75. The number of thiocarbonyl (C=S) groups is 1. The lowest BCUT2D eigenvalue weighted by Crippen LogP contribution is -2.62. The number of piperazine rings is 1. The zero-order valence-electron chi connectivity index (χ0n) is 14.2. The zero-order chi connectivity index (χ0) is 16.3. The number of nitrogens with zero attached hydrogens (tertiary/aromatic N) is 2. The van der Waals surface area contributed by atoms with Crippen molar-refractivity contribution in [2.24, 2.45) is 11.1 Å². The van der Waals surface area contributed by atoms with E-state index >= 15 is 0 Å².